The molecule has 0 N–H and O–H groups in total. The number of hydrogen-bond donors (Lipinski definition) is 0. The molecule has 0 fully saturated rings. The first-order valence-electron chi connectivity index (χ1n) is 4.84. The largest absolute Gasteiger partial charge is 0.120 e. The second-order valence-electron chi connectivity index (χ2n) is 2.50. The molecule has 0 radical (unpaired) electrons. The van der Waals surface area contributed by atoms with Crippen LogP contribution in [0.2, 0.25) is 0 Å². The number of alkyl halides is 2. The van der Waals surface area contributed by atoms with Gasteiger partial charge in [0.2, 0.25) is 0 Å². The lowest BCUT2D eigenvalue weighted by Gasteiger charge is -1.81. The van der Waals surface area contributed by atoms with Gasteiger partial charge in [0.25, 0.3) is 0 Å². The van der Waals surface area contributed by atoms with E-state index in [1.165, 1.54) is 6.42 Å². The van der Waals surface area contributed by atoms with Gasteiger partial charge in [-0.15, -0.1) is 24.2 Å². The summed E-state index contributed by atoms with van der Waals surface area (Å²) in [6.07, 6.45) is 10.1. The number of hydrogen-bond acceptors (Lipinski definition) is 0. The Morgan fingerprint density at radius 2 is 1.64 bits per heavy atom. The van der Waals surface area contributed by atoms with Crippen LogP contribution in [0.1, 0.15) is 39.0 Å². The third kappa shape index (κ3) is 22.7. The molecule has 0 aromatic carbocycles. The molecule has 0 saturated carbocycles. The van der Waals surface area contributed by atoms with E-state index in [0.717, 1.165) is 36.3 Å². The van der Waals surface area contributed by atoms with Crippen LogP contribution < -0.4 is 0 Å². The zero-order valence-electron chi connectivity index (χ0n) is 8.78. The summed E-state index contributed by atoms with van der Waals surface area (Å²) >= 11 is 6.56. The summed E-state index contributed by atoms with van der Waals surface area (Å²) in [6.45, 7) is 2.05. The minimum atomic E-state index is 0.860. The first kappa shape index (κ1) is 16.5. The second-order valence-corrected chi connectivity index (χ2v) is 4.08. The summed E-state index contributed by atoms with van der Waals surface area (Å²) in [4.78, 5) is 0. The Kier molecular flexibility index (Phi) is 22.2. The highest BCUT2D eigenvalue weighted by molar-refractivity contribution is 9.09. The Morgan fingerprint density at radius 1 is 1.00 bits per heavy atom. The summed E-state index contributed by atoms with van der Waals surface area (Å²) in [5.41, 5.74) is 0. The molecule has 0 saturated heterocycles. The summed E-state index contributed by atoms with van der Waals surface area (Å²) in [7, 11) is 0. The monoisotopic (exact) mass is 320 g/mol. The van der Waals surface area contributed by atoms with Crippen LogP contribution in [-0.4, -0.2) is 10.7 Å². The highest BCUT2D eigenvalue weighted by atomic mass is 79.9. The fourth-order valence-corrected chi connectivity index (χ4v) is 1.86. The molecule has 0 heterocycles. The van der Waals surface area contributed by atoms with E-state index >= 15 is 0 Å². The highest BCUT2D eigenvalue weighted by Crippen LogP contribution is 1.90. The molecule has 2 heteroatoms. The van der Waals surface area contributed by atoms with E-state index < -0.39 is 0 Å². The molecular formula is C12H18Br2. The van der Waals surface area contributed by atoms with Crippen LogP contribution in [0.4, 0.5) is 0 Å². The van der Waals surface area contributed by atoms with E-state index in [1.807, 2.05) is 6.92 Å². The molecule has 0 aliphatic heterocycles. The van der Waals surface area contributed by atoms with Crippen LogP contribution in [0.25, 0.3) is 0 Å². The smallest absolute Gasteiger partial charge is 0.00977 e. The number of terminal acetylenes is 1. The van der Waals surface area contributed by atoms with Gasteiger partial charge in [-0.1, -0.05) is 38.8 Å². The normalized spacial score (nSPS) is 7.57. The maximum atomic E-state index is 5.05. The van der Waals surface area contributed by atoms with Gasteiger partial charge in [0.15, 0.2) is 0 Å². The van der Waals surface area contributed by atoms with Crippen molar-refractivity contribution in [2.45, 2.75) is 39.0 Å². The van der Waals surface area contributed by atoms with Gasteiger partial charge < -0.3 is 0 Å². The van der Waals surface area contributed by atoms with E-state index in [2.05, 4.69) is 49.6 Å². The molecule has 0 spiro atoms. The van der Waals surface area contributed by atoms with Gasteiger partial charge in [-0.2, -0.15) is 0 Å². The quantitative estimate of drug-likeness (QED) is 0.410. The Hall–Kier alpha value is 0.0800. The molecule has 0 aliphatic rings. The van der Waals surface area contributed by atoms with Gasteiger partial charge in [-0.05, 0) is 12.8 Å². The first-order valence-corrected chi connectivity index (χ1v) is 7.08. The van der Waals surface area contributed by atoms with Crippen molar-refractivity contribution in [2.24, 2.45) is 0 Å². The maximum Gasteiger partial charge on any atom is 0.00977 e. The van der Waals surface area contributed by atoms with Crippen LogP contribution in [0.15, 0.2) is 0 Å². The van der Waals surface area contributed by atoms with Crippen LogP contribution in [-0.2, 0) is 0 Å². The summed E-state index contributed by atoms with van der Waals surface area (Å²) in [5, 5.41) is 2.22. The zero-order valence-corrected chi connectivity index (χ0v) is 12.0. The van der Waals surface area contributed by atoms with Gasteiger partial charge in [0.1, 0.15) is 0 Å². The lowest BCUT2D eigenvalue weighted by Crippen LogP contribution is -1.69. The first-order chi connectivity index (χ1) is 6.83. The second kappa shape index (κ2) is 18.8. The van der Waals surface area contributed by atoms with Crippen molar-refractivity contribution in [1.82, 2.24) is 0 Å². The number of unbranched alkanes of at least 4 members (excludes halogenated alkanes) is 2. The predicted molar refractivity (Wildman–Crippen MR) is 73.0 cm³/mol. The third-order valence-electron chi connectivity index (χ3n) is 1.19. The van der Waals surface area contributed by atoms with Crippen LogP contribution >= 0.6 is 31.9 Å². The number of halogens is 2. The Bertz CT molecular complexity index is 179. The molecule has 0 amide bonds. The molecule has 0 aromatic rings. The summed E-state index contributed by atoms with van der Waals surface area (Å²) in [6, 6.07) is 0. The van der Waals surface area contributed by atoms with Gasteiger partial charge in [0, 0.05) is 29.9 Å². The van der Waals surface area contributed by atoms with Crippen molar-refractivity contribution >= 4 is 31.9 Å². The topological polar surface area (TPSA) is 0 Å². The standard InChI is InChI=1S/C9H12.C3H6Br2/c1-3-5-7-9-8-6-4-2;4-2-1-3-5/h1H,4-5,7,9H2,2H3;1-3H2. The molecule has 14 heavy (non-hydrogen) atoms. The number of rotatable bonds is 4. The van der Waals surface area contributed by atoms with E-state index in [-0.39, 0.29) is 0 Å². The average Bonchev–Trinajstić information content (AvgIpc) is 2.20. The predicted octanol–water partition coefficient (Wildman–Crippen LogP) is 4.37. The van der Waals surface area contributed by atoms with Crippen molar-refractivity contribution in [3.63, 3.8) is 0 Å². The molecule has 0 aromatic heterocycles. The van der Waals surface area contributed by atoms with E-state index in [0.29, 0.717) is 0 Å². The molecule has 0 rings (SSSR count). The summed E-state index contributed by atoms with van der Waals surface area (Å²) in [5.74, 6) is 8.59. The Labute approximate surface area is 105 Å². The zero-order chi connectivity index (χ0) is 11.1. The van der Waals surface area contributed by atoms with Gasteiger partial charge in [0.05, 0.1) is 0 Å². The Balaban J connectivity index is 0. The minimum Gasteiger partial charge on any atom is -0.120 e. The van der Waals surface area contributed by atoms with Crippen molar-refractivity contribution in [1.29, 1.82) is 0 Å². The fraction of sp³-hybridized carbons (Fsp3) is 0.667. The van der Waals surface area contributed by atoms with Crippen LogP contribution in [0.5, 0.6) is 0 Å². The van der Waals surface area contributed by atoms with Crippen LogP contribution in [0, 0.1) is 24.2 Å². The molecule has 0 atom stereocenters. The molecule has 0 bridgehead atoms. The van der Waals surface area contributed by atoms with Gasteiger partial charge in [-0.25, -0.2) is 0 Å². The van der Waals surface area contributed by atoms with Crippen molar-refractivity contribution in [3.8, 4) is 24.2 Å². The van der Waals surface area contributed by atoms with E-state index in [9.17, 15) is 0 Å². The Morgan fingerprint density at radius 3 is 2.00 bits per heavy atom. The van der Waals surface area contributed by atoms with Crippen molar-refractivity contribution < 1.29 is 0 Å². The molecule has 80 valence electrons. The van der Waals surface area contributed by atoms with Gasteiger partial charge >= 0.3 is 0 Å². The van der Waals surface area contributed by atoms with E-state index in [4.69, 9.17) is 6.42 Å². The van der Waals surface area contributed by atoms with Gasteiger partial charge in [-0.3, -0.25) is 0 Å². The molecular weight excluding hydrogens is 304 g/mol. The van der Waals surface area contributed by atoms with Crippen molar-refractivity contribution in [2.75, 3.05) is 10.7 Å². The average molecular weight is 322 g/mol. The molecule has 0 unspecified atom stereocenters. The summed E-state index contributed by atoms with van der Waals surface area (Å²) < 4.78 is 0. The fourth-order valence-electron chi connectivity index (χ4n) is 0.543. The lowest BCUT2D eigenvalue weighted by molar-refractivity contribution is 0.903. The molecule has 0 aliphatic carbocycles. The highest BCUT2D eigenvalue weighted by Gasteiger charge is 1.76. The minimum absolute atomic E-state index is 0.860. The van der Waals surface area contributed by atoms with Crippen molar-refractivity contribution in [3.05, 3.63) is 0 Å². The SMILES string of the molecule is BrCCCBr.C#CCCCC#CCC. The maximum absolute atomic E-state index is 5.05. The molecule has 0 nitrogen and oxygen atoms in total. The van der Waals surface area contributed by atoms with E-state index in [1.54, 1.807) is 0 Å². The lowest BCUT2D eigenvalue weighted by atomic mass is 10.2. The van der Waals surface area contributed by atoms with Crippen LogP contribution in [0.3, 0.4) is 0 Å². The third-order valence-corrected chi connectivity index (χ3v) is 2.31.